The number of nitrogens with one attached hydrogen (secondary N) is 2. The normalized spacial score (nSPS) is 25.9. The zero-order valence-corrected chi connectivity index (χ0v) is 20.7. The van der Waals surface area contributed by atoms with Crippen LogP contribution in [0.4, 0.5) is 0 Å². The molecule has 1 fully saturated rings. The molecule has 2 aromatic rings. The summed E-state index contributed by atoms with van der Waals surface area (Å²) in [7, 11) is 0. The summed E-state index contributed by atoms with van der Waals surface area (Å²) >= 11 is 1.37. The average Bonchev–Trinajstić information content (AvgIpc) is 2.87. The summed E-state index contributed by atoms with van der Waals surface area (Å²) in [5.41, 5.74) is 0.443. The maximum absolute atomic E-state index is 12.9. The maximum Gasteiger partial charge on any atom is 0.261 e. The summed E-state index contributed by atoms with van der Waals surface area (Å²) in [6.07, 6.45) is -2.78. The van der Waals surface area contributed by atoms with Gasteiger partial charge in [0.1, 0.15) is 23.7 Å². The summed E-state index contributed by atoms with van der Waals surface area (Å²) in [6.45, 7) is 2.16. The van der Waals surface area contributed by atoms with Gasteiger partial charge in [0.2, 0.25) is 5.91 Å². The summed E-state index contributed by atoms with van der Waals surface area (Å²) in [6, 6.07) is 10.1. The second kappa shape index (κ2) is 11.7. The third kappa shape index (κ3) is 5.41. The minimum atomic E-state index is -1.30. The Kier molecular flexibility index (Phi) is 8.60. The van der Waals surface area contributed by atoms with Crippen LogP contribution in [0.5, 0.6) is 0 Å². The fraction of sp³-hybridized carbons (Fsp3) is 0.480. The van der Waals surface area contributed by atoms with Gasteiger partial charge in [-0.25, -0.2) is 0 Å². The first-order chi connectivity index (χ1) is 17.3. The van der Waals surface area contributed by atoms with E-state index in [0.717, 1.165) is 5.39 Å². The van der Waals surface area contributed by atoms with Gasteiger partial charge in [0.25, 0.3) is 11.8 Å². The summed E-state index contributed by atoms with van der Waals surface area (Å²) in [5.74, 6) is -0.324. The van der Waals surface area contributed by atoms with Crippen LogP contribution in [0.2, 0.25) is 0 Å². The SMILES string of the molecule is CC(=O)N[C@@H]1[C@@H](O)[C@H](O)[C@@H](CO)O[C@H]1SCCCNCCN1C(=O)c2cccc3cccc(c23)C1=O. The molecule has 10 nitrogen and oxygen atoms in total. The van der Waals surface area contributed by atoms with Gasteiger partial charge >= 0.3 is 0 Å². The van der Waals surface area contributed by atoms with Crippen LogP contribution >= 0.6 is 11.8 Å². The molecule has 11 heteroatoms. The molecule has 0 saturated carbocycles. The minimum Gasteiger partial charge on any atom is -0.394 e. The smallest absolute Gasteiger partial charge is 0.261 e. The van der Waals surface area contributed by atoms with E-state index >= 15 is 0 Å². The number of ether oxygens (including phenoxy) is 1. The number of rotatable bonds is 10. The first kappa shape index (κ1) is 26.5. The highest BCUT2D eigenvalue weighted by Crippen LogP contribution is 2.30. The lowest BCUT2D eigenvalue weighted by molar-refractivity contribution is -0.173. The highest BCUT2D eigenvalue weighted by molar-refractivity contribution is 7.99. The molecule has 0 aliphatic carbocycles. The third-order valence-electron chi connectivity index (χ3n) is 6.40. The lowest BCUT2D eigenvalue weighted by Crippen LogP contribution is -2.63. The van der Waals surface area contributed by atoms with Crippen molar-refractivity contribution in [3.63, 3.8) is 0 Å². The topological polar surface area (TPSA) is 148 Å². The van der Waals surface area contributed by atoms with Gasteiger partial charge in [0.05, 0.1) is 12.6 Å². The molecule has 0 radical (unpaired) electrons. The Labute approximate surface area is 213 Å². The van der Waals surface area contributed by atoms with E-state index in [1.165, 1.54) is 23.6 Å². The van der Waals surface area contributed by atoms with Crippen LogP contribution < -0.4 is 10.6 Å². The molecule has 1 saturated heterocycles. The van der Waals surface area contributed by atoms with Gasteiger partial charge in [-0.15, -0.1) is 11.8 Å². The van der Waals surface area contributed by atoms with Crippen molar-refractivity contribution < 1.29 is 34.4 Å². The molecule has 2 heterocycles. The number of carbonyl (C=O) groups excluding carboxylic acids is 3. The lowest BCUT2D eigenvalue weighted by Gasteiger charge is -2.42. The number of thioether (sulfide) groups is 1. The number of carbonyl (C=O) groups is 3. The Hall–Kier alpha value is -2.54. The molecule has 2 aromatic carbocycles. The molecule has 5 atom stereocenters. The van der Waals surface area contributed by atoms with Crippen molar-refractivity contribution in [1.82, 2.24) is 15.5 Å². The van der Waals surface area contributed by atoms with E-state index in [-0.39, 0.29) is 24.3 Å². The van der Waals surface area contributed by atoms with Gasteiger partial charge in [-0.1, -0.05) is 24.3 Å². The van der Waals surface area contributed by atoms with Crippen LogP contribution in [0.3, 0.4) is 0 Å². The van der Waals surface area contributed by atoms with Gasteiger partial charge in [-0.3, -0.25) is 19.3 Å². The molecular formula is C25H31N3O7S. The molecule has 3 amide bonds. The van der Waals surface area contributed by atoms with Crippen molar-refractivity contribution in [2.75, 3.05) is 32.0 Å². The molecule has 194 valence electrons. The number of aliphatic hydroxyl groups excluding tert-OH is 3. The molecule has 0 unspecified atom stereocenters. The average molecular weight is 518 g/mol. The highest BCUT2D eigenvalue weighted by Gasteiger charge is 2.44. The van der Waals surface area contributed by atoms with Crippen molar-refractivity contribution in [3.05, 3.63) is 47.5 Å². The minimum absolute atomic E-state index is 0.244. The van der Waals surface area contributed by atoms with Crippen molar-refractivity contribution in [1.29, 1.82) is 0 Å². The van der Waals surface area contributed by atoms with E-state index in [9.17, 15) is 29.7 Å². The van der Waals surface area contributed by atoms with Gasteiger partial charge in [0, 0.05) is 36.5 Å². The van der Waals surface area contributed by atoms with Crippen LogP contribution in [0.1, 0.15) is 34.1 Å². The summed E-state index contributed by atoms with van der Waals surface area (Å²) < 4.78 is 5.70. The molecule has 0 spiro atoms. The van der Waals surface area contributed by atoms with E-state index in [1.807, 2.05) is 24.3 Å². The monoisotopic (exact) mass is 517 g/mol. The maximum atomic E-state index is 12.9. The number of nitrogens with zero attached hydrogens (tertiary/aromatic N) is 1. The number of amides is 3. The Morgan fingerprint density at radius 2 is 1.72 bits per heavy atom. The molecule has 0 bridgehead atoms. The second-order valence-electron chi connectivity index (χ2n) is 8.88. The van der Waals surface area contributed by atoms with Crippen molar-refractivity contribution in [2.24, 2.45) is 0 Å². The fourth-order valence-electron chi connectivity index (χ4n) is 4.61. The molecular weight excluding hydrogens is 486 g/mol. The van der Waals surface area contributed by atoms with Crippen LogP contribution in [0.25, 0.3) is 10.8 Å². The van der Waals surface area contributed by atoms with Crippen molar-refractivity contribution in [2.45, 2.75) is 43.1 Å². The Balaban J connectivity index is 1.24. The second-order valence-corrected chi connectivity index (χ2v) is 10.1. The van der Waals surface area contributed by atoms with Crippen LogP contribution in [0, 0.1) is 0 Å². The van der Waals surface area contributed by atoms with Gasteiger partial charge in [-0.05, 0) is 36.2 Å². The first-order valence-corrected chi connectivity index (χ1v) is 13.0. The Morgan fingerprint density at radius 1 is 1.06 bits per heavy atom. The molecule has 5 N–H and O–H groups in total. The molecule has 2 aliphatic heterocycles. The van der Waals surface area contributed by atoms with Gasteiger partial charge in [-0.2, -0.15) is 0 Å². The first-order valence-electron chi connectivity index (χ1n) is 11.9. The Bertz CT molecular complexity index is 1080. The molecule has 36 heavy (non-hydrogen) atoms. The van der Waals surface area contributed by atoms with Crippen LogP contribution in [-0.2, 0) is 9.53 Å². The fourth-order valence-corrected chi connectivity index (χ4v) is 5.81. The van der Waals surface area contributed by atoms with Crippen molar-refractivity contribution >= 4 is 40.3 Å². The zero-order chi connectivity index (χ0) is 25.8. The predicted molar refractivity (Wildman–Crippen MR) is 135 cm³/mol. The largest absolute Gasteiger partial charge is 0.394 e. The van der Waals surface area contributed by atoms with E-state index in [0.29, 0.717) is 41.8 Å². The molecule has 2 aliphatic rings. The molecule has 0 aromatic heterocycles. The van der Waals surface area contributed by atoms with E-state index < -0.39 is 36.4 Å². The van der Waals surface area contributed by atoms with E-state index in [1.54, 1.807) is 12.1 Å². The number of imide groups is 1. The van der Waals surface area contributed by atoms with E-state index in [4.69, 9.17) is 4.74 Å². The number of hydrogen-bond donors (Lipinski definition) is 5. The van der Waals surface area contributed by atoms with Gasteiger partial charge in [0.15, 0.2) is 0 Å². The van der Waals surface area contributed by atoms with Crippen LogP contribution in [0.15, 0.2) is 36.4 Å². The lowest BCUT2D eigenvalue weighted by atomic mass is 9.94. The third-order valence-corrected chi connectivity index (χ3v) is 7.66. The number of hydrogen-bond acceptors (Lipinski definition) is 9. The van der Waals surface area contributed by atoms with E-state index in [2.05, 4.69) is 10.6 Å². The summed E-state index contributed by atoms with van der Waals surface area (Å²) in [4.78, 5) is 38.7. The number of benzene rings is 2. The standard InChI is InChI=1S/C25H31N3O7S/c1-14(30)27-20-22(32)21(31)18(13-29)35-25(20)36-12-4-9-26-10-11-28-23(33)16-7-2-5-15-6-3-8-17(19(15)16)24(28)34/h2-3,5-8,18,20-22,25-26,29,31-32H,4,9-13H2,1H3,(H,27,30)/t18-,20-,21-,22-,25+/m1/s1. The number of aliphatic hydroxyl groups is 3. The predicted octanol–water partition coefficient (Wildman–Crippen LogP) is 0.0924. The van der Waals surface area contributed by atoms with Crippen molar-refractivity contribution in [3.8, 4) is 0 Å². The Morgan fingerprint density at radius 3 is 2.33 bits per heavy atom. The molecule has 4 rings (SSSR count). The van der Waals surface area contributed by atoms with Gasteiger partial charge < -0.3 is 30.7 Å². The van der Waals surface area contributed by atoms with Crippen LogP contribution in [-0.4, -0.2) is 99.7 Å². The summed E-state index contributed by atoms with van der Waals surface area (Å²) in [5, 5.41) is 37.3. The quantitative estimate of drug-likeness (QED) is 0.218. The highest BCUT2D eigenvalue weighted by atomic mass is 32.2. The zero-order valence-electron chi connectivity index (χ0n) is 19.9.